The number of H-pyrrole nitrogens is 1. The molecule has 1 aromatic rings. The van der Waals surface area contributed by atoms with Crippen LogP contribution in [0.15, 0.2) is 11.5 Å². The molecule has 6 heteroatoms. The lowest BCUT2D eigenvalue weighted by atomic mass is 10.2. The Morgan fingerprint density at radius 1 is 1.67 bits per heavy atom. The van der Waals surface area contributed by atoms with Gasteiger partial charge in [0.05, 0.1) is 6.61 Å². The van der Waals surface area contributed by atoms with Crippen LogP contribution in [-0.4, -0.2) is 33.0 Å². The summed E-state index contributed by atoms with van der Waals surface area (Å²) in [5, 5.41) is 6.91. The predicted octanol–water partition coefficient (Wildman–Crippen LogP) is 1.63. The number of carbonyl (C=O) groups is 1. The van der Waals surface area contributed by atoms with Gasteiger partial charge in [0.25, 0.3) is 0 Å². The number of esters is 1. The molecular formula is C9H15N3O2S. The molecule has 0 aliphatic carbocycles. The van der Waals surface area contributed by atoms with E-state index in [2.05, 4.69) is 15.2 Å². The molecule has 0 saturated heterocycles. The van der Waals surface area contributed by atoms with Crippen LogP contribution in [0.1, 0.15) is 26.7 Å². The van der Waals surface area contributed by atoms with Gasteiger partial charge >= 0.3 is 5.97 Å². The van der Waals surface area contributed by atoms with E-state index in [4.69, 9.17) is 4.74 Å². The van der Waals surface area contributed by atoms with E-state index in [0.717, 1.165) is 12.8 Å². The second-order valence-corrected chi connectivity index (χ2v) is 4.13. The largest absolute Gasteiger partial charge is 0.465 e. The summed E-state index contributed by atoms with van der Waals surface area (Å²) in [5.74, 6) is -0.180. The second-order valence-electron chi connectivity index (χ2n) is 2.94. The molecule has 0 saturated carbocycles. The third-order valence-corrected chi connectivity index (χ3v) is 2.88. The summed E-state index contributed by atoms with van der Waals surface area (Å²) >= 11 is 1.36. The second kappa shape index (κ2) is 6.44. The molecule has 0 fully saturated rings. The number of nitrogens with zero attached hydrogens (tertiary/aromatic N) is 2. The maximum Gasteiger partial charge on any atom is 0.319 e. The van der Waals surface area contributed by atoms with E-state index in [9.17, 15) is 4.79 Å². The molecule has 1 rings (SSSR count). The average Bonchev–Trinajstić information content (AvgIpc) is 2.70. The van der Waals surface area contributed by atoms with Crippen molar-refractivity contribution >= 4 is 17.7 Å². The highest BCUT2D eigenvalue weighted by Gasteiger charge is 2.21. The lowest BCUT2D eigenvalue weighted by molar-refractivity contribution is -0.142. The number of hydrogen-bond donors (Lipinski definition) is 1. The van der Waals surface area contributed by atoms with Gasteiger partial charge < -0.3 is 4.74 Å². The minimum Gasteiger partial charge on any atom is -0.465 e. The summed E-state index contributed by atoms with van der Waals surface area (Å²) in [4.78, 5) is 15.5. The van der Waals surface area contributed by atoms with Gasteiger partial charge in [-0.3, -0.25) is 9.89 Å². The highest BCUT2D eigenvalue weighted by molar-refractivity contribution is 8.00. The number of nitrogens with one attached hydrogen (secondary N) is 1. The van der Waals surface area contributed by atoms with E-state index in [1.165, 1.54) is 18.1 Å². The van der Waals surface area contributed by atoms with Crippen LogP contribution in [0.3, 0.4) is 0 Å². The molecule has 5 nitrogen and oxygen atoms in total. The zero-order valence-corrected chi connectivity index (χ0v) is 9.71. The third-order valence-electron chi connectivity index (χ3n) is 1.75. The van der Waals surface area contributed by atoms with Crippen LogP contribution in [-0.2, 0) is 9.53 Å². The lowest BCUT2D eigenvalue weighted by Crippen LogP contribution is -2.20. The Morgan fingerprint density at radius 2 is 2.47 bits per heavy atom. The van der Waals surface area contributed by atoms with Crippen LogP contribution in [0.5, 0.6) is 0 Å². The summed E-state index contributed by atoms with van der Waals surface area (Å²) in [6.45, 7) is 4.25. The first-order valence-electron chi connectivity index (χ1n) is 4.96. The number of hydrogen-bond acceptors (Lipinski definition) is 5. The first kappa shape index (κ1) is 12.0. The maximum atomic E-state index is 11.6. The van der Waals surface area contributed by atoms with E-state index < -0.39 is 0 Å². The number of carbonyl (C=O) groups excluding carboxylic acids is 1. The third kappa shape index (κ3) is 3.91. The van der Waals surface area contributed by atoms with Gasteiger partial charge in [0.15, 0.2) is 5.16 Å². The Hall–Kier alpha value is -1.04. The van der Waals surface area contributed by atoms with Crippen molar-refractivity contribution in [2.45, 2.75) is 37.1 Å². The Kier molecular flexibility index (Phi) is 5.17. The standard InChI is InChI=1S/C9H15N3O2S/c1-3-5-7(8(13)14-4-2)15-9-10-6-11-12-9/h6-7H,3-5H2,1-2H3,(H,10,11,12). The quantitative estimate of drug-likeness (QED) is 0.593. The van der Waals surface area contributed by atoms with Crippen molar-refractivity contribution < 1.29 is 9.53 Å². The van der Waals surface area contributed by atoms with Crippen molar-refractivity contribution in [1.82, 2.24) is 15.2 Å². The van der Waals surface area contributed by atoms with Gasteiger partial charge in [0, 0.05) is 0 Å². The Labute approximate surface area is 93.0 Å². The molecule has 84 valence electrons. The zero-order valence-electron chi connectivity index (χ0n) is 8.90. The smallest absolute Gasteiger partial charge is 0.319 e. The van der Waals surface area contributed by atoms with Gasteiger partial charge in [0.2, 0.25) is 0 Å². The monoisotopic (exact) mass is 229 g/mol. The summed E-state index contributed by atoms with van der Waals surface area (Å²) in [7, 11) is 0. The van der Waals surface area contributed by atoms with Crippen LogP contribution in [0.4, 0.5) is 0 Å². The Bertz CT molecular complexity index is 290. The summed E-state index contributed by atoms with van der Waals surface area (Å²) in [5.41, 5.74) is 0. The molecule has 1 N–H and O–H groups in total. The normalized spacial score (nSPS) is 12.4. The van der Waals surface area contributed by atoms with E-state index in [1.807, 2.05) is 6.92 Å². The molecule has 0 radical (unpaired) electrons. The van der Waals surface area contributed by atoms with Crippen LogP contribution in [0.2, 0.25) is 0 Å². The van der Waals surface area contributed by atoms with Crippen LogP contribution in [0, 0.1) is 0 Å². The summed E-state index contributed by atoms with van der Waals surface area (Å²) in [6.07, 6.45) is 3.14. The van der Waals surface area contributed by atoms with Crippen molar-refractivity contribution in [3.05, 3.63) is 6.33 Å². The average molecular weight is 229 g/mol. The molecule has 1 atom stereocenters. The number of aromatic nitrogens is 3. The number of aromatic amines is 1. The molecule has 0 spiro atoms. The van der Waals surface area contributed by atoms with Gasteiger partial charge in [-0.1, -0.05) is 25.1 Å². The number of thioether (sulfide) groups is 1. The fraction of sp³-hybridized carbons (Fsp3) is 0.667. The summed E-state index contributed by atoms with van der Waals surface area (Å²) < 4.78 is 4.98. The van der Waals surface area contributed by atoms with Crippen molar-refractivity contribution in [2.75, 3.05) is 6.61 Å². The van der Waals surface area contributed by atoms with Gasteiger partial charge in [-0.25, -0.2) is 4.98 Å². The molecule has 15 heavy (non-hydrogen) atoms. The molecule has 0 bridgehead atoms. The maximum absolute atomic E-state index is 11.6. The minimum absolute atomic E-state index is 0.180. The lowest BCUT2D eigenvalue weighted by Gasteiger charge is -2.12. The fourth-order valence-corrected chi connectivity index (χ4v) is 2.11. The van der Waals surface area contributed by atoms with Gasteiger partial charge in [-0.15, -0.1) is 0 Å². The van der Waals surface area contributed by atoms with E-state index in [-0.39, 0.29) is 11.2 Å². The van der Waals surface area contributed by atoms with Gasteiger partial charge in [-0.2, -0.15) is 5.10 Å². The predicted molar refractivity (Wildman–Crippen MR) is 57.6 cm³/mol. The first-order valence-corrected chi connectivity index (χ1v) is 5.84. The van der Waals surface area contributed by atoms with Crippen molar-refractivity contribution in [3.63, 3.8) is 0 Å². The summed E-state index contributed by atoms with van der Waals surface area (Å²) in [6, 6.07) is 0. The molecule has 1 aromatic heterocycles. The van der Waals surface area contributed by atoms with E-state index in [0.29, 0.717) is 11.8 Å². The highest BCUT2D eigenvalue weighted by Crippen LogP contribution is 2.23. The minimum atomic E-state index is -0.192. The van der Waals surface area contributed by atoms with Gasteiger partial charge in [0.1, 0.15) is 11.6 Å². The SMILES string of the molecule is CCCC(Sc1ncn[nH]1)C(=O)OCC. The van der Waals surface area contributed by atoms with Crippen LogP contribution < -0.4 is 0 Å². The first-order chi connectivity index (χ1) is 7.27. The highest BCUT2D eigenvalue weighted by atomic mass is 32.2. The topological polar surface area (TPSA) is 67.9 Å². The Balaban J connectivity index is 2.53. The molecule has 1 heterocycles. The molecule has 0 aliphatic heterocycles. The van der Waals surface area contributed by atoms with Crippen molar-refractivity contribution in [3.8, 4) is 0 Å². The molecule has 0 amide bonds. The Morgan fingerprint density at radius 3 is 3.00 bits per heavy atom. The van der Waals surface area contributed by atoms with E-state index >= 15 is 0 Å². The molecular weight excluding hydrogens is 214 g/mol. The molecule has 1 unspecified atom stereocenters. The van der Waals surface area contributed by atoms with Crippen LogP contribution >= 0.6 is 11.8 Å². The van der Waals surface area contributed by atoms with Crippen molar-refractivity contribution in [1.29, 1.82) is 0 Å². The molecule has 0 aliphatic rings. The number of rotatable bonds is 6. The fourth-order valence-electron chi connectivity index (χ4n) is 1.11. The van der Waals surface area contributed by atoms with Gasteiger partial charge in [-0.05, 0) is 13.3 Å². The molecule has 0 aromatic carbocycles. The van der Waals surface area contributed by atoms with Crippen molar-refractivity contribution in [2.24, 2.45) is 0 Å². The zero-order chi connectivity index (χ0) is 11.1. The van der Waals surface area contributed by atoms with E-state index in [1.54, 1.807) is 6.92 Å². The van der Waals surface area contributed by atoms with Crippen LogP contribution in [0.25, 0.3) is 0 Å². The number of ether oxygens (including phenoxy) is 1.